The number of sulfonamides is 1. The van der Waals surface area contributed by atoms with E-state index in [1.165, 1.54) is 0 Å². The minimum atomic E-state index is -3.52. The highest BCUT2D eigenvalue weighted by Crippen LogP contribution is 2.20. The predicted octanol–water partition coefficient (Wildman–Crippen LogP) is 2.82. The Morgan fingerprint density at radius 1 is 1.29 bits per heavy atom. The molecule has 2 rings (SSSR count). The molecule has 0 saturated heterocycles. The molecule has 0 radical (unpaired) electrons. The molecule has 0 amide bonds. The van der Waals surface area contributed by atoms with Crippen LogP contribution in [0.25, 0.3) is 0 Å². The summed E-state index contributed by atoms with van der Waals surface area (Å²) in [6.07, 6.45) is 0. The highest BCUT2D eigenvalue weighted by atomic mass is 32.2. The van der Waals surface area contributed by atoms with Gasteiger partial charge in [0.1, 0.15) is 0 Å². The average Bonchev–Trinajstić information content (AvgIpc) is 2.95. The fraction of sp³-hybridized carbons (Fsp3) is 0.333. The van der Waals surface area contributed by atoms with Gasteiger partial charge in [-0.1, -0.05) is 6.07 Å². The lowest BCUT2D eigenvalue weighted by atomic mass is 10.1. The van der Waals surface area contributed by atoms with E-state index in [9.17, 15) is 8.42 Å². The normalized spacial score (nSPS) is 13.3. The van der Waals surface area contributed by atoms with Gasteiger partial charge in [0.2, 0.25) is 10.0 Å². The maximum atomic E-state index is 12.5. The highest BCUT2D eigenvalue weighted by molar-refractivity contribution is 7.89. The van der Waals surface area contributed by atoms with Crippen LogP contribution in [0.1, 0.15) is 29.7 Å². The van der Waals surface area contributed by atoms with E-state index in [0.29, 0.717) is 11.4 Å². The monoisotopic (exact) mass is 324 g/mol. The fourth-order valence-electron chi connectivity index (χ4n) is 2.09. The van der Waals surface area contributed by atoms with Gasteiger partial charge in [-0.15, -0.1) is 0 Å². The second kappa shape index (κ2) is 6.70. The van der Waals surface area contributed by atoms with Gasteiger partial charge < -0.3 is 5.32 Å². The Morgan fingerprint density at radius 2 is 2.05 bits per heavy atom. The molecule has 4 nitrogen and oxygen atoms in total. The molecular formula is C15H20N2O2S2. The maximum Gasteiger partial charge on any atom is 0.241 e. The van der Waals surface area contributed by atoms with E-state index in [-0.39, 0.29) is 6.04 Å². The summed E-state index contributed by atoms with van der Waals surface area (Å²) in [5.41, 5.74) is 3.05. The Kier molecular flexibility index (Phi) is 5.16. The molecule has 1 unspecified atom stereocenters. The van der Waals surface area contributed by atoms with E-state index in [1.54, 1.807) is 23.5 Å². The molecule has 0 bridgehead atoms. The molecule has 6 heteroatoms. The molecule has 0 aliphatic heterocycles. The number of hydrogen-bond acceptors (Lipinski definition) is 4. The van der Waals surface area contributed by atoms with Crippen molar-refractivity contribution in [1.82, 2.24) is 10.0 Å². The Bertz CT molecular complexity index is 694. The van der Waals surface area contributed by atoms with Gasteiger partial charge in [0.15, 0.2) is 0 Å². The van der Waals surface area contributed by atoms with E-state index in [2.05, 4.69) is 10.0 Å². The molecule has 114 valence electrons. The van der Waals surface area contributed by atoms with Crippen molar-refractivity contribution >= 4 is 21.4 Å². The summed E-state index contributed by atoms with van der Waals surface area (Å²) < 4.78 is 27.7. The molecule has 1 atom stereocenters. The van der Waals surface area contributed by atoms with Crippen molar-refractivity contribution in [2.24, 2.45) is 0 Å². The molecule has 2 aromatic rings. The van der Waals surface area contributed by atoms with Crippen LogP contribution in [0.3, 0.4) is 0 Å². The lowest BCUT2D eigenvalue weighted by Gasteiger charge is -2.14. The lowest BCUT2D eigenvalue weighted by molar-refractivity contribution is 0.567. The van der Waals surface area contributed by atoms with Crippen LogP contribution < -0.4 is 10.0 Å². The van der Waals surface area contributed by atoms with Crippen molar-refractivity contribution in [3.8, 4) is 0 Å². The molecule has 1 aromatic heterocycles. The smallest absolute Gasteiger partial charge is 0.241 e. The number of aryl methyl sites for hydroxylation is 1. The molecule has 1 aromatic carbocycles. The summed E-state index contributed by atoms with van der Waals surface area (Å²) >= 11 is 1.56. The van der Waals surface area contributed by atoms with Crippen LogP contribution in [0, 0.1) is 6.92 Å². The molecule has 0 aliphatic carbocycles. The molecule has 0 saturated carbocycles. The molecule has 21 heavy (non-hydrogen) atoms. The first-order chi connectivity index (χ1) is 9.94. The standard InChI is InChI=1S/C15H20N2O2S2/c1-11-4-5-15(8-14(11)9-16-3)21(18,19)17-12(2)13-6-7-20-10-13/h4-8,10,12,16-17H,9H2,1-3H3. The van der Waals surface area contributed by atoms with Gasteiger partial charge in [0.25, 0.3) is 0 Å². The Balaban J connectivity index is 2.25. The molecule has 1 heterocycles. The topological polar surface area (TPSA) is 58.2 Å². The summed E-state index contributed by atoms with van der Waals surface area (Å²) in [6, 6.07) is 6.91. The lowest BCUT2D eigenvalue weighted by Crippen LogP contribution is -2.26. The van der Waals surface area contributed by atoms with Gasteiger partial charge in [0, 0.05) is 12.6 Å². The van der Waals surface area contributed by atoms with Crippen molar-refractivity contribution in [3.63, 3.8) is 0 Å². The maximum absolute atomic E-state index is 12.5. The van der Waals surface area contributed by atoms with Crippen LogP contribution in [0.2, 0.25) is 0 Å². The van der Waals surface area contributed by atoms with Crippen molar-refractivity contribution in [3.05, 3.63) is 51.7 Å². The minimum absolute atomic E-state index is 0.240. The van der Waals surface area contributed by atoms with E-state index < -0.39 is 10.0 Å². The third-order valence-electron chi connectivity index (χ3n) is 3.37. The first kappa shape index (κ1) is 16.2. The van der Waals surface area contributed by atoms with Crippen LogP contribution in [-0.2, 0) is 16.6 Å². The van der Waals surface area contributed by atoms with Crippen LogP contribution in [0.5, 0.6) is 0 Å². The number of rotatable bonds is 6. The summed E-state index contributed by atoms with van der Waals surface area (Å²) in [7, 11) is -1.67. The Labute approximate surface area is 130 Å². The largest absolute Gasteiger partial charge is 0.316 e. The number of benzene rings is 1. The predicted molar refractivity (Wildman–Crippen MR) is 87.0 cm³/mol. The quantitative estimate of drug-likeness (QED) is 0.859. The van der Waals surface area contributed by atoms with Gasteiger partial charge in [0.05, 0.1) is 4.90 Å². The minimum Gasteiger partial charge on any atom is -0.316 e. The van der Waals surface area contributed by atoms with Gasteiger partial charge >= 0.3 is 0 Å². The molecule has 0 fully saturated rings. The van der Waals surface area contributed by atoms with Crippen LogP contribution in [0.4, 0.5) is 0 Å². The number of thiophene rings is 1. The second-order valence-electron chi connectivity index (χ2n) is 5.02. The number of hydrogen-bond donors (Lipinski definition) is 2. The van der Waals surface area contributed by atoms with E-state index in [1.807, 2.05) is 43.8 Å². The van der Waals surface area contributed by atoms with E-state index in [0.717, 1.165) is 16.7 Å². The summed E-state index contributed by atoms with van der Waals surface area (Å²) in [4.78, 5) is 0.306. The zero-order valence-electron chi connectivity index (χ0n) is 12.4. The molecule has 2 N–H and O–H groups in total. The molecular weight excluding hydrogens is 304 g/mol. The van der Waals surface area contributed by atoms with Gasteiger partial charge in [-0.05, 0) is 66.5 Å². The zero-order chi connectivity index (χ0) is 15.5. The Morgan fingerprint density at radius 3 is 2.67 bits per heavy atom. The van der Waals surface area contributed by atoms with Crippen molar-refractivity contribution in [2.75, 3.05) is 7.05 Å². The van der Waals surface area contributed by atoms with Crippen molar-refractivity contribution in [2.45, 2.75) is 31.3 Å². The summed E-state index contributed by atoms with van der Waals surface area (Å²) in [6.45, 7) is 4.47. The summed E-state index contributed by atoms with van der Waals surface area (Å²) in [5, 5.41) is 6.95. The average molecular weight is 324 g/mol. The van der Waals surface area contributed by atoms with Gasteiger partial charge in [-0.2, -0.15) is 11.3 Å². The number of nitrogens with one attached hydrogen (secondary N) is 2. The van der Waals surface area contributed by atoms with Crippen LogP contribution >= 0.6 is 11.3 Å². The highest BCUT2D eigenvalue weighted by Gasteiger charge is 2.19. The van der Waals surface area contributed by atoms with Crippen LogP contribution in [-0.4, -0.2) is 15.5 Å². The first-order valence-corrected chi connectivity index (χ1v) is 9.15. The Hall–Kier alpha value is -1.21. The molecule has 0 aliphatic rings. The van der Waals surface area contributed by atoms with E-state index in [4.69, 9.17) is 0 Å². The second-order valence-corrected chi connectivity index (χ2v) is 7.51. The summed E-state index contributed by atoms with van der Waals surface area (Å²) in [5.74, 6) is 0. The SMILES string of the molecule is CNCc1cc(S(=O)(=O)NC(C)c2ccsc2)ccc1C. The van der Waals surface area contributed by atoms with Crippen LogP contribution in [0.15, 0.2) is 39.9 Å². The first-order valence-electron chi connectivity index (χ1n) is 6.72. The third-order valence-corrected chi connectivity index (χ3v) is 5.61. The van der Waals surface area contributed by atoms with E-state index >= 15 is 0 Å². The third kappa shape index (κ3) is 3.91. The fourth-order valence-corrected chi connectivity index (χ4v) is 4.12. The zero-order valence-corrected chi connectivity index (χ0v) is 14.0. The van der Waals surface area contributed by atoms with Crippen molar-refractivity contribution < 1.29 is 8.42 Å². The van der Waals surface area contributed by atoms with Gasteiger partial charge in [-0.25, -0.2) is 13.1 Å². The van der Waals surface area contributed by atoms with Gasteiger partial charge in [-0.3, -0.25) is 0 Å². The molecule has 0 spiro atoms. The van der Waals surface area contributed by atoms with Crippen molar-refractivity contribution in [1.29, 1.82) is 0 Å².